The van der Waals surface area contributed by atoms with E-state index in [1.165, 1.54) is 7.11 Å². The Balaban J connectivity index is 2.19. The normalized spacial score (nSPS) is 15.4. The van der Waals surface area contributed by atoms with Gasteiger partial charge in [-0.1, -0.05) is 13.3 Å². The van der Waals surface area contributed by atoms with E-state index in [4.69, 9.17) is 9.47 Å². The van der Waals surface area contributed by atoms with Gasteiger partial charge in [0, 0.05) is 17.7 Å². The van der Waals surface area contributed by atoms with Crippen molar-refractivity contribution < 1.29 is 23.9 Å². The molecule has 0 unspecified atom stereocenters. The van der Waals surface area contributed by atoms with E-state index in [1.807, 2.05) is 13.8 Å². The Kier molecular flexibility index (Phi) is 7.29. The van der Waals surface area contributed by atoms with Crippen molar-refractivity contribution in [2.24, 2.45) is 0 Å². The van der Waals surface area contributed by atoms with E-state index in [9.17, 15) is 14.4 Å². The molecule has 7 nitrogen and oxygen atoms in total. The monoisotopic (exact) mass is 392 g/mol. The summed E-state index contributed by atoms with van der Waals surface area (Å²) in [6.45, 7) is 4.12. The smallest absolute Gasteiger partial charge is 0.294 e. The summed E-state index contributed by atoms with van der Waals surface area (Å²) in [6.07, 6.45) is 3.41. The minimum atomic E-state index is -0.480. The molecule has 146 valence electrons. The zero-order chi connectivity index (χ0) is 20.0. The van der Waals surface area contributed by atoms with Gasteiger partial charge >= 0.3 is 0 Å². The Morgan fingerprint density at radius 3 is 2.63 bits per heavy atom. The van der Waals surface area contributed by atoms with Crippen LogP contribution in [0.2, 0.25) is 0 Å². The Morgan fingerprint density at radius 1 is 1.26 bits per heavy atom. The largest absolute Gasteiger partial charge is 0.496 e. The minimum Gasteiger partial charge on any atom is -0.496 e. The van der Waals surface area contributed by atoms with Gasteiger partial charge in [0.2, 0.25) is 5.91 Å². The number of carbonyl (C=O) groups is 3. The SMILES string of the molecule is CCCCNC(=O)CN1C(=O)S/C(=C\c2ccc(OC)c(C)c2OC)C1=O. The number of imide groups is 1. The van der Waals surface area contributed by atoms with Crippen LogP contribution in [0.15, 0.2) is 17.0 Å². The summed E-state index contributed by atoms with van der Waals surface area (Å²) in [5.74, 6) is 0.412. The van der Waals surface area contributed by atoms with Crippen LogP contribution in [0, 0.1) is 6.92 Å². The van der Waals surface area contributed by atoms with Crippen LogP contribution < -0.4 is 14.8 Å². The fourth-order valence-electron chi connectivity index (χ4n) is 2.68. The van der Waals surface area contributed by atoms with Gasteiger partial charge in [0.25, 0.3) is 11.1 Å². The first-order valence-corrected chi connectivity index (χ1v) is 9.48. The molecule has 0 aromatic heterocycles. The second kappa shape index (κ2) is 9.45. The molecule has 0 radical (unpaired) electrons. The molecule has 0 bridgehead atoms. The molecule has 1 heterocycles. The molecule has 27 heavy (non-hydrogen) atoms. The van der Waals surface area contributed by atoms with Crippen molar-refractivity contribution in [3.05, 3.63) is 28.2 Å². The molecule has 0 atom stereocenters. The Labute approximate surface area is 163 Å². The number of methoxy groups -OCH3 is 2. The summed E-state index contributed by atoms with van der Waals surface area (Å²) in [6, 6.07) is 3.53. The molecule has 1 aromatic rings. The number of benzene rings is 1. The second-order valence-electron chi connectivity index (χ2n) is 5.99. The fraction of sp³-hybridized carbons (Fsp3) is 0.421. The van der Waals surface area contributed by atoms with Gasteiger partial charge in [-0.2, -0.15) is 0 Å². The van der Waals surface area contributed by atoms with E-state index >= 15 is 0 Å². The second-order valence-corrected chi connectivity index (χ2v) is 6.98. The number of carbonyl (C=O) groups excluding carboxylic acids is 3. The van der Waals surface area contributed by atoms with Crippen molar-refractivity contribution in [2.45, 2.75) is 26.7 Å². The zero-order valence-electron chi connectivity index (χ0n) is 16.0. The highest BCUT2D eigenvalue weighted by Crippen LogP contribution is 2.37. The molecule has 1 N–H and O–H groups in total. The number of hydrogen-bond acceptors (Lipinski definition) is 6. The average Bonchev–Trinajstić information content (AvgIpc) is 2.90. The van der Waals surface area contributed by atoms with E-state index in [2.05, 4.69) is 5.32 Å². The van der Waals surface area contributed by atoms with Crippen LogP contribution in [0.4, 0.5) is 4.79 Å². The Morgan fingerprint density at radius 2 is 2.00 bits per heavy atom. The predicted molar refractivity (Wildman–Crippen MR) is 105 cm³/mol. The minimum absolute atomic E-state index is 0.254. The summed E-state index contributed by atoms with van der Waals surface area (Å²) in [5, 5.41) is 2.25. The first-order valence-electron chi connectivity index (χ1n) is 8.66. The van der Waals surface area contributed by atoms with Crippen molar-refractivity contribution in [2.75, 3.05) is 27.3 Å². The van der Waals surface area contributed by atoms with Gasteiger partial charge < -0.3 is 14.8 Å². The molecule has 0 aliphatic carbocycles. The molecule has 8 heteroatoms. The molecule has 1 fully saturated rings. The standard InChI is InChI=1S/C19H24N2O5S/c1-5-6-9-20-16(22)11-21-18(23)15(27-19(21)24)10-13-7-8-14(25-3)12(2)17(13)26-4/h7-8,10H,5-6,9,11H2,1-4H3,(H,20,22)/b15-10-. The number of nitrogens with zero attached hydrogens (tertiary/aromatic N) is 1. The lowest BCUT2D eigenvalue weighted by molar-refractivity contribution is -0.129. The highest BCUT2D eigenvalue weighted by atomic mass is 32.2. The van der Waals surface area contributed by atoms with Crippen LogP contribution in [-0.4, -0.2) is 49.3 Å². The molecule has 0 saturated carbocycles. The Bertz CT molecular complexity index is 776. The molecule has 3 amide bonds. The van der Waals surface area contributed by atoms with E-state index in [0.717, 1.165) is 35.1 Å². The lowest BCUT2D eigenvalue weighted by Gasteiger charge is -2.13. The maximum absolute atomic E-state index is 12.6. The van der Waals surface area contributed by atoms with Gasteiger partial charge in [0.15, 0.2) is 0 Å². The molecule has 2 rings (SSSR count). The molecular weight excluding hydrogens is 368 g/mol. The van der Waals surface area contributed by atoms with E-state index in [-0.39, 0.29) is 17.4 Å². The number of thioether (sulfide) groups is 1. The van der Waals surface area contributed by atoms with E-state index in [0.29, 0.717) is 23.6 Å². The fourth-order valence-corrected chi connectivity index (χ4v) is 3.51. The van der Waals surface area contributed by atoms with Crippen molar-refractivity contribution >= 4 is 34.9 Å². The third kappa shape index (κ3) is 4.82. The lowest BCUT2D eigenvalue weighted by atomic mass is 10.1. The molecule has 1 aliphatic heterocycles. The number of hydrogen-bond donors (Lipinski definition) is 1. The highest BCUT2D eigenvalue weighted by molar-refractivity contribution is 8.18. The summed E-state index contributed by atoms with van der Waals surface area (Å²) < 4.78 is 10.7. The van der Waals surface area contributed by atoms with Crippen molar-refractivity contribution in [3.8, 4) is 11.5 Å². The molecular formula is C19H24N2O5S. The molecule has 0 spiro atoms. The molecule has 1 aromatic carbocycles. The van der Waals surface area contributed by atoms with Crippen molar-refractivity contribution in [3.63, 3.8) is 0 Å². The van der Waals surface area contributed by atoms with Crippen LogP contribution in [0.1, 0.15) is 30.9 Å². The van der Waals surface area contributed by atoms with Crippen LogP contribution in [-0.2, 0) is 9.59 Å². The molecule has 1 saturated heterocycles. The highest BCUT2D eigenvalue weighted by Gasteiger charge is 2.36. The summed E-state index contributed by atoms with van der Waals surface area (Å²) in [5.41, 5.74) is 1.46. The zero-order valence-corrected chi connectivity index (χ0v) is 16.8. The van der Waals surface area contributed by atoms with Crippen molar-refractivity contribution in [1.29, 1.82) is 0 Å². The van der Waals surface area contributed by atoms with Gasteiger partial charge in [-0.3, -0.25) is 19.3 Å². The summed E-state index contributed by atoms with van der Waals surface area (Å²) in [4.78, 5) is 37.9. The van der Waals surface area contributed by atoms with Crippen LogP contribution in [0.3, 0.4) is 0 Å². The first-order chi connectivity index (χ1) is 12.9. The number of nitrogens with one attached hydrogen (secondary N) is 1. The topological polar surface area (TPSA) is 84.9 Å². The van der Waals surface area contributed by atoms with Gasteiger partial charge in [0.1, 0.15) is 18.0 Å². The maximum Gasteiger partial charge on any atom is 0.294 e. The third-order valence-corrected chi connectivity index (χ3v) is 5.03. The van der Waals surface area contributed by atoms with Crippen LogP contribution >= 0.6 is 11.8 Å². The predicted octanol–water partition coefficient (Wildman–Crippen LogP) is 2.96. The first kappa shape index (κ1) is 20.8. The number of amides is 3. The Hall–Kier alpha value is -2.48. The third-order valence-electron chi connectivity index (χ3n) is 4.13. The summed E-state index contributed by atoms with van der Waals surface area (Å²) >= 11 is 0.814. The lowest BCUT2D eigenvalue weighted by Crippen LogP contribution is -2.39. The number of ether oxygens (including phenoxy) is 2. The van der Waals surface area contributed by atoms with Gasteiger partial charge in [-0.05, 0) is 43.3 Å². The number of unbranched alkanes of at least 4 members (excludes halogenated alkanes) is 1. The summed E-state index contributed by atoms with van der Waals surface area (Å²) in [7, 11) is 3.10. The maximum atomic E-state index is 12.6. The average molecular weight is 392 g/mol. The molecule has 1 aliphatic rings. The van der Waals surface area contributed by atoms with E-state index < -0.39 is 11.1 Å². The van der Waals surface area contributed by atoms with Crippen molar-refractivity contribution in [1.82, 2.24) is 10.2 Å². The van der Waals surface area contributed by atoms with Crippen LogP contribution in [0.5, 0.6) is 11.5 Å². The quantitative estimate of drug-likeness (QED) is 0.541. The van der Waals surface area contributed by atoms with Gasteiger partial charge in [-0.15, -0.1) is 0 Å². The van der Waals surface area contributed by atoms with Gasteiger partial charge in [-0.25, -0.2) is 0 Å². The van der Waals surface area contributed by atoms with Gasteiger partial charge in [0.05, 0.1) is 19.1 Å². The van der Waals surface area contributed by atoms with E-state index in [1.54, 1.807) is 25.3 Å². The van der Waals surface area contributed by atoms with Crippen LogP contribution in [0.25, 0.3) is 6.08 Å². The number of rotatable bonds is 8.